The molecule has 0 bridgehead atoms. The van der Waals surface area contributed by atoms with Gasteiger partial charge < -0.3 is 15.4 Å². The quantitative estimate of drug-likeness (QED) is 0.424. The molecule has 5 heteroatoms. The highest BCUT2D eigenvalue weighted by molar-refractivity contribution is 14.0. The van der Waals surface area contributed by atoms with Crippen molar-refractivity contribution in [3.05, 3.63) is 34.4 Å². The van der Waals surface area contributed by atoms with Crippen molar-refractivity contribution >= 4 is 29.9 Å². The number of methoxy groups -OCH3 is 1. The molecule has 0 amide bonds. The molecule has 2 N–H and O–H groups in total. The minimum absolute atomic E-state index is 0. The molecule has 1 aromatic rings. The first kappa shape index (κ1) is 21.2. The first-order valence-electron chi connectivity index (χ1n) is 7.50. The van der Waals surface area contributed by atoms with Gasteiger partial charge in [0.15, 0.2) is 5.96 Å². The Balaban J connectivity index is 0.00000441. The van der Waals surface area contributed by atoms with Crippen LogP contribution in [0.2, 0.25) is 0 Å². The lowest BCUT2D eigenvalue weighted by Gasteiger charge is -2.18. The molecule has 126 valence electrons. The molecule has 1 rings (SSSR count). The Hall–Kier alpha value is -0.820. The first-order chi connectivity index (χ1) is 9.97. The fourth-order valence-electron chi connectivity index (χ4n) is 2.63. The van der Waals surface area contributed by atoms with E-state index in [1.165, 1.54) is 22.3 Å². The number of rotatable bonds is 6. The molecule has 0 aliphatic rings. The lowest BCUT2D eigenvalue weighted by molar-refractivity contribution is 0.179. The van der Waals surface area contributed by atoms with Gasteiger partial charge in [0.25, 0.3) is 0 Å². The molecular weight excluding hydrogens is 389 g/mol. The lowest BCUT2D eigenvalue weighted by atomic mass is 9.97. The predicted molar refractivity (Wildman–Crippen MR) is 106 cm³/mol. The fraction of sp³-hybridized carbons (Fsp3) is 0.588. The molecule has 0 aromatic heterocycles. The molecule has 0 aliphatic heterocycles. The summed E-state index contributed by atoms with van der Waals surface area (Å²) in [5.74, 6) is 0.821. The van der Waals surface area contributed by atoms with Gasteiger partial charge in [-0.3, -0.25) is 4.99 Å². The SMILES string of the molecule is CN=C(NCCc1c(C)cc(C)cc1C)NC(C)COC.I. The molecule has 1 atom stereocenters. The lowest BCUT2D eigenvalue weighted by Crippen LogP contribution is -2.44. The van der Waals surface area contributed by atoms with E-state index >= 15 is 0 Å². The molecule has 4 nitrogen and oxygen atoms in total. The van der Waals surface area contributed by atoms with Gasteiger partial charge in [0, 0.05) is 26.7 Å². The Morgan fingerprint density at radius 3 is 2.32 bits per heavy atom. The van der Waals surface area contributed by atoms with Crippen LogP contribution in [0.3, 0.4) is 0 Å². The molecule has 0 heterocycles. The van der Waals surface area contributed by atoms with Crippen molar-refractivity contribution < 1.29 is 4.74 Å². The highest BCUT2D eigenvalue weighted by Gasteiger charge is 2.06. The standard InChI is InChI=1S/C17H29N3O.HI/c1-12-9-13(2)16(14(3)10-12)7-8-19-17(18-5)20-15(4)11-21-6;/h9-10,15H,7-8,11H2,1-6H3,(H2,18,19,20);1H. The molecule has 0 saturated heterocycles. The maximum absolute atomic E-state index is 5.12. The van der Waals surface area contributed by atoms with Crippen LogP contribution >= 0.6 is 24.0 Å². The highest BCUT2D eigenvalue weighted by atomic mass is 127. The number of ether oxygens (including phenoxy) is 1. The summed E-state index contributed by atoms with van der Waals surface area (Å²) in [6.45, 7) is 10.1. The number of halogens is 1. The van der Waals surface area contributed by atoms with E-state index < -0.39 is 0 Å². The summed E-state index contributed by atoms with van der Waals surface area (Å²) in [4.78, 5) is 4.24. The van der Waals surface area contributed by atoms with Gasteiger partial charge in [-0.25, -0.2) is 0 Å². The van der Waals surface area contributed by atoms with E-state index in [-0.39, 0.29) is 30.0 Å². The molecule has 0 radical (unpaired) electrons. The summed E-state index contributed by atoms with van der Waals surface area (Å²) >= 11 is 0. The van der Waals surface area contributed by atoms with E-state index in [9.17, 15) is 0 Å². The maximum Gasteiger partial charge on any atom is 0.191 e. The largest absolute Gasteiger partial charge is 0.383 e. The van der Waals surface area contributed by atoms with Gasteiger partial charge in [-0.15, -0.1) is 24.0 Å². The van der Waals surface area contributed by atoms with Crippen LogP contribution in [0, 0.1) is 20.8 Å². The predicted octanol–water partition coefficient (Wildman–Crippen LogP) is 2.97. The van der Waals surface area contributed by atoms with E-state index in [4.69, 9.17) is 4.74 Å². The van der Waals surface area contributed by atoms with Crippen LogP contribution in [0.4, 0.5) is 0 Å². The van der Waals surface area contributed by atoms with Crippen LogP contribution in [0.5, 0.6) is 0 Å². The Bertz CT molecular complexity index is 466. The average molecular weight is 419 g/mol. The Kier molecular flexibility index (Phi) is 10.4. The molecule has 0 fully saturated rings. The zero-order valence-electron chi connectivity index (χ0n) is 14.6. The third kappa shape index (κ3) is 6.96. The van der Waals surface area contributed by atoms with Gasteiger partial charge in [0.1, 0.15) is 0 Å². The minimum Gasteiger partial charge on any atom is -0.383 e. The summed E-state index contributed by atoms with van der Waals surface area (Å²) < 4.78 is 5.12. The van der Waals surface area contributed by atoms with Crippen molar-refractivity contribution in [2.24, 2.45) is 4.99 Å². The molecule has 1 unspecified atom stereocenters. The average Bonchev–Trinajstić information content (AvgIpc) is 2.40. The van der Waals surface area contributed by atoms with Crippen molar-refractivity contribution in [1.29, 1.82) is 0 Å². The Morgan fingerprint density at radius 1 is 1.23 bits per heavy atom. The van der Waals surface area contributed by atoms with Crippen LogP contribution < -0.4 is 10.6 Å². The topological polar surface area (TPSA) is 45.7 Å². The molecule has 0 aliphatic carbocycles. The van der Waals surface area contributed by atoms with E-state index in [1.54, 1.807) is 14.2 Å². The zero-order chi connectivity index (χ0) is 15.8. The minimum atomic E-state index is 0. The number of aryl methyl sites for hydroxylation is 3. The Labute approximate surface area is 152 Å². The van der Waals surface area contributed by atoms with Gasteiger partial charge in [0.2, 0.25) is 0 Å². The molecule has 0 saturated carbocycles. The van der Waals surface area contributed by atoms with Crippen LogP contribution in [-0.2, 0) is 11.2 Å². The molecule has 0 spiro atoms. The first-order valence-corrected chi connectivity index (χ1v) is 7.50. The number of guanidine groups is 1. The van der Waals surface area contributed by atoms with Gasteiger partial charge >= 0.3 is 0 Å². The van der Waals surface area contributed by atoms with Crippen LogP contribution in [0.25, 0.3) is 0 Å². The maximum atomic E-state index is 5.12. The zero-order valence-corrected chi connectivity index (χ0v) is 16.9. The van der Waals surface area contributed by atoms with Crippen LogP contribution in [0.15, 0.2) is 17.1 Å². The van der Waals surface area contributed by atoms with Crippen LogP contribution in [-0.4, -0.2) is 39.3 Å². The number of benzene rings is 1. The number of nitrogens with zero attached hydrogens (tertiary/aromatic N) is 1. The van der Waals surface area contributed by atoms with Gasteiger partial charge in [0.05, 0.1) is 6.61 Å². The molecule has 22 heavy (non-hydrogen) atoms. The smallest absolute Gasteiger partial charge is 0.191 e. The fourth-order valence-corrected chi connectivity index (χ4v) is 2.63. The van der Waals surface area contributed by atoms with E-state index in [0.717, 1.165) is 18.9 Å². The molecular formula is C17H30IN3O. The summed E-state index contributed by atoms with van der Waals surface area (Å²) in [7, 11) is 3.49. The van der Waals surface area contributed by atoms with Gasteiger partial charge in [-0.1, -0.05) is 17.7 Å². The van der Waals surface area contributed by atoms with Crippen molar-refractivity contribution in [2.75, 3.05) is 27.3 Å². The van der Waals surface area contributed by atoms with Gasteiger partial charge in [-0.2, -0.15) is 0 Å². The second kappa shape index (κ2) is 10.8. The van der Waals surface area contributed by atoms with E-state index in [2.05, 4.69) is 55.5 Å². The third-order valence-corrected chi connectivity index (χ3v) is 3.53. The summed E-state index contributed by atoms with van der Waals surface area (Å²) in [6, 6.07) is 4.73. The van der Waals surface area contributed by atoms with Crippen molar-refractivity contribution in [2.45, 2.75) is 40.2 Å². The number of aliphatic imine (C=N–C) groups is 1. The second-order valence-corrected chi connectivity index (χ2v) is 5.63. The number of hydrogen-bond acceptors (Lipinski definition) is 2. The van der Waals surface area contributed by atoms with Crippen molar-refractivity contribution in [1.82, 2.24) is 10.6 Å². The molecule has 1 aromatic carbocycles. The normalized spacial score (nSPS) is 12.5. The van der Waals surface area contributed by atoms with E-state index in [0.29, 0.717) is 6.61 Å². The van der Waals surface area contributed by atoms with Gasteiger partial charge in [-0.05, 0) is 50.8 Å². The third-order valence-electron chi connectivity index (χ3n) is 3.53. The number of nitrogens with one attached hydrogen (secondary N) is 2. The summed E-state index contributed by atoms with van der Waals surface area (Å²) in [5, 5.41) is 6.67. The van der Waals surface area contributed by atoms with Crippen LogP contribution in [0.1, 0.15) is 29.2 Å². The van der Waals surface area contributed by atoms with Crippen molar-refractivity contribution in [3.8, 4) is 0 Å². The summed E-state index contributed by atoms with van der Waals surface area (Å²) in [5.41, 5.74) is 5.48. The Morgan fingerprint density at radius 2 is 1.82 bits per heavy atom. The highest BCUT2D eigenvalue weighted by Crippen LogP contribution is 2.16. The van der Waals surface area contributed by atoms with Crippen molar-refractivity contribution in [3.63, 3.8) is 0 Å². The monoisotopic (exact) mass is 419 g/mol. The number of hydrogen-bond donors (Lipinski definition) is 2. The van der Waals surface area contributed by atoms with E-state index in [1.807, 2.05) is 0 Å². The second-order valence-electron chi connectivity index (χ2n) is 5.63. The summed E-state index contributed by atoms with van der Waals surface area (Å²) in [6.07, 6.45) is 0.997.